The van der Waals surface area contributed by atoms with Crippen molar-refractivity contribution >= 4 is 17.2 Å². The minimum atomic E-state index is -0.479. The number of rotatable bonds is 1. The average Bonchev–Trinajstić information content (AvgIpc) is 2.07. The molecule has 0 saturated heterocycles. The fraction of sp³-hybridized carbons (Fsp3) is 0. The Hall–Kier alpha value is -1.63. The lowest BCUT2D eigenvalue weighted by atomic mass is 10.4. The topological polar surface area (TPSA) is 97.0 Å². The van der Waals surface area contributed by atoms with Crippen LogP contribution in [0.4, 0.5) is 5.69 Å². The van der Waals surface area contributed by atoms with Crippen LogP contribution in [-0.4, -0.2) is 14.1 Å². The predicted octanol–water partition coefficient (Wildman–Crippen LogP) is 0.952. The van der Waals surface area contributed by atoms with Crippen molar-refractivity contribution in [3.63, 3.8) is 0 Å². The third-order valence-electron chi connectivity index (χ3n) is 0.857. The van der Waals surface area contributed by atoms with E-state index in [1.54, 1.807) is 0 Å². The molecular weight excluding hydrogens is 182 g/mol. The van der Waals surface area contributed by atoms with Crippen molar-refractivity contribution in [3.05, 3.63) is 34.6 Å². The summed E-state index contributed by atoms with van der Waals surface area (Å²) in [6.07, 6.45) is 2.70. The summed E-state index contributed by atoms with van der Waals surface area (Å²) >= 11 is -0.250. The zero-order chi connectivity index (χ0) is 9.40. The summed E-state index contributed by atoms with van der Waals surface area (Å²) in [7, 11) is 0. The molecule has 0 spiro atoms. The summed E-state index contributed by atoms with van der Waals surface area (Å²) in [5, 5.41) is 9.97. The van der Waals surface area contributed by atoms with E-state index >= 15 is 0 Å². The summed E-state index contributed by atoms with van der Waals surface area (Å²) < 4.78 is 14.1. The molecule has 1 N–H and O–H groups in total. The molecule has 0 bridgehead atoms. The van der Waals surface area contributed by atoms with Crippen molar-refractivity contribution in [1.29, 1.82) is 4.78 Å². The number of nitrogens with zero attached hydrogens (tertiary/aromatic N) is 2. The molecule has 0 unspecified atom stereocenters. The number of nitro groups is 1. The van der Waals surface area contributed by atoms with Crippen LogP contribution in [-0.2, 0) is 11.5 Å². The van der Waals surface area contributed by atoms with Crippen LogP contribution in [0.3, 0.4) is 0 Å². The number of hydrogen-bond acceptors (Lipinski definition) is 5. The van der Waals surface area contributed by atoms with Crippen molar-refractivity contribution in [2.75, 3.05) is 0 Å². The molecule has 1 aromatic rings. The molecule has 1 heterocycles. The number of pyridine rings is 1. The number of aromatic nitrogens is 1. The molecule has 0 aliphatic rings. The van der Waals surface area contributed by atoms with E-state index in [4.69, 9.17) is 8.99 Å². The monoisotopic (exact) mass is 187 g/mol. The van der Waals surface area contributed by atoms with E-state index in [2.05, 4.69) is 4.98 Å². The Kier molecular flexibility index (Phi) is 5.28. The van der Waals surface area contributed by atoms with Gasteiger partial charge in [-0.15, -0.1) is 0 Å². The molecule has 0 saturated carbocycles. The Morgan fingerprint density at radius 2 is 2.25 bits per heavy atom. The van der Waals surface area contributed by atoms with Crippen LogP contribution in [0, 0.1) is 14.9 Å². The molecule has 0 aliphatic carbocycles. The SMILES string of the molecule is N=S=O.O=[N+]([O-])c1cccnc1. The largest absolute Gasteiger partial charge is 0.287 e. The van der Waals surface area contributed by atoms with Crippen LogP contribution in [0.15, 0.2) is 24.5 Å². The second-order valence-electron chi connectivity index (χ2n) is 1.55. The van der Waals surface area contributed by atoms with Crippen LogP contribution in [0.2, 0.25) is 0 Å². The minimum absolute atomic E-state index is 0.0255. The number of hydrogen-bond donors (Lipinski definition) is 1. The number of nitrogens with one attached hydrogen (secondary N) is 1. The van der Waals surface area contributed by atoms with Gasteiger partial charge in [-0.2, -0.15) is 4.21 Å². The first kappa shape index (κ1) is 10.4. The van der Waals surface area contributed by atoms with Crippen LogP contribution >= 0.6 is 0 Å². The van der Waals surface area contributed by atoms with Gasteiger partial charge in [0, 0.05) is 12.3 Å². The molecule has 0 fully saturated rings. The Labute approximate surface area is 71.4 Å². The maximum atomic E-state index is 9.97. The maximum Gasteiger partial charge on any atom is 0.287 e. The highest BCUT2D eigenvalue weighted by atomic mass is 32.1. The Bertz CT molecular complexity index is 283. The van der Waals surface area contributed by atoms with Crippen LogP contribution in [0.25, 0.3) is 0 Å². The zero-order valence-electron chi connectivity index (χ0n) is 5.84. The van der Waals surface area contributed by atoms with Gasteiger partial charge in [0.25, 0.3) is 5.69 Å². The highest BCUT2D eigenvalue weighted by Gasteiger charge is 1.99. The highest BCUT2D eigenvalue weighted by molar-refractivity contribution is 7.53. The van der Waals surface area contributed by atoms with Gasteiger partial charge in [0.2, 0.25) is 0 Å². The molecule has 0 radical (unpaired) electrons. The van der Waals surface area contributed by atoms with Crippen LogP contribution < -0.4 is 0 Å². The van der Waals surface area contributed by atoms with E-state index in [0.29, 0.717) is 0 Å². The van der Waals surface area contributed by atoms with E-state index in [-0.39, 0.29) is 17.2 Å². The summed E-state index contributed by atoms with van der Waals surface area (Å²) in [4.78, 5) is 13.1. The minimum Gasteiger partial charge on any atom is -0.258 e. The predicted molar refractivity (Wildman–Crippen MR) is 41.8 cm³/mol. The van der Waals surface area contributed by atoms with Crippen LogP contribution in [0.1, 0.15) is 0 Å². The fourth-order valence-corrected chi connectivity index (χ4v) is 0.462. The standard InChI is InChI=1S/C5H4N2O2.HNOS/c8-7(9)5-2-1-3-6-4-5;1-3-2/h1-4H;1H. The van der Waals surface area contributed by atoms with Gasteiger partial charge in [-0.05, 0) is 6.07 Å². The molecule has 1 rings (SSSR count). The second kappa shape index (κ2) is 6.10. The van der Waals surface area contributed by atoms with E-state index in [1.165, 1.54) is 24.5 Å². The van der Waals surface area contributed by atoms with Gasteiger partial charge >= 0.3 is 0 Å². The molecule has 64 valence electrons. The normalized spacial score (nSPS) is 7.67. The first-order valence-electron chi connectivity index (χ1n) is 2.72. The van der Waals surface area contributed by atoms with Gasteiger partial charge in [-0.3, -0.25) is 15.1 Å². The third kappa shape index (κ3) is 4.23. The molecule has 7 heteroatoms. The van der Waals surface area contributed by atoms with Crippen molar-refractivity contribution in [2.24, 2.45) is 0 Å². The van der Waals surface area contributed by atoms with Gasteiger partial charge in [-0.1, -0.05) is 0 Å². The summed E-state index contributed by atoms with van der Waals surface area (Å²) in [5.74, 6) is 0. The van der Waals surface area contributed by atoms with Crippen LogP contribution in [0.5, 0.6) is 0 Å². The second-order valence-corrected chi connectivity index (χ2v) is 1.72. The highest BCUT2D eigenvalue weighted by Crippen LogP contribution is 2.04. The van der Waals surface area contributed by atoms with Gasteiger partial charge < -0.3 is 0 Å². The summed E-state index contributed by atoms with van der Waals surface area (Å²) in [5.41, 5.74) is 0.0255. The first-order valence-corrected chi connectivity index (χ1v) is 3.46. The van der Waals surface area contributed by atoms with Gasteiger partial charge in [-0.25, -0.2) is 4.78 Å². The quantitative estimate of drug-likeness (QED) is 0.522. The Morgan fingerprint density at radius 1 is 1.67 bits per heavy atom. The molecule has 0 aliphatic heterocycles. The fourth-order valence-electron chi connectivity index (χ4n) is 0.462. The van der Waals surface area contributed by atoms with Gasteiger partial charge in [0.1, 0.15) is 6.20 Å². The Morgan fingerprint density at radius 3 is 2.50 bits per heavy atom. The van der Waals surface area contributed by atoms with E-state index in [1.807, 2.05) is 0 Å². The van der Waals surface area contributed by atoms with Gasteiger partial charge in [0.15, 0.2) is 11.5 Å². The molecule has 6 nitrogen and oxygen atoms in total. The van der Waals surface area contributed by atoms with Crippen molar-refractivity contribution in [3.8, 4) is 0 Å². The molecule has 0 aromatic carbocycles. The summed E-state index contributed by atoms with van der Waals surface area (Å²) in [6, 6.07) is 2.92. The molecular formula is C5H5N3O3S. The average molecular weight is 187 g/mol. The Balaban J connectivity index is 0.000000354. The van der Waals surface area contributed by atoms with Gasteiger partial charge in [0.05, 0.1) is 4.92 Å². The van der Waals surface area contributed by atoms with E-state index in [9.17, 15) is 10.1 Å². The lowest BCUT2D eigenvalue weighted by Gasteiger charge is -1.84. The third-order valence-corrected chi connectivity index (χ3v) is 0.857. The molecule has 0 amide bonds. The van der Waals surface area contributed by atoms with Crippen molar-refractivity contribution in [1.82, 2.24) is 4.98 Å². The first-order chi connectivity index (χ1) is 5.72. The lowest BCUT2D eigenvalue weighted by Crippen LogP contribution is -1.86. The smallest absolute Gasteiger partial charge is 0.258 e. The zero-order valence-corrected chi connectivity index (χ0v) is 6.65. The van der Waals surface area contributed by atoms with E-state index in [0.717, 1.165) is 0 Å². The van der Waals surface area contributed by atoms with Crippen molar-refractivity contribution < 1.29 is 9.13 Å². The summed E-state index contributed by atoms with van der Waals surface area (Å²) in [6.45, 7) is 0. The molecule has 12 heavy (non-hydrogen) atoms. The van der Waals surface area contributed by atoms with E-state index < -0.39 is 4.92 Å². The molecule has 1 aromatic heterocycles. The molecule has 0 atom stereocenters. The maximum absolute atomic E-state index is 9.97. The lowest BCUT2D eigenvalue weighted by molar-refractivity contribution is -0.385. The van der Waals surface area contributed by atoms with Crippen molar-refractivity contribution in [2.45, 2.75) is 0 Å².